The van der Waals surface area contributed by atoms with Gasteiger partial charge in [-0.15, -0.1) is 0 Å². The van der Waals surface area contributed by atoms with Gasteiger partial charge in [0.2, 0.25) is 0 Å². The lowest BCUT2D eigenvalue weighted by atomic mass is 10.2. The molecule has 24 heavy (non-hydrogen) atoms. The van der Waals surface area contributed by atoms with Gasteiger partial charge in [-0.05, 0) is 30.7 Å². The molecule has 1 N–H and O–H groups in total. The van der Waals surface area contributed by atoms with E-state index in [0.717, 1.165) is 22.0 Å². The van der Waals surface area contributed by atoms with Crippen LogP contribution in [0.15, 0.2) is 59.8 Å². The van der Waals surface area contributed by atoms with Crippen molar-refractivity contribution in [1.29, 1.82) is 0 Å². The van der Waals surface area contributed by atoms with Crippen LogP contribution in [0.3, 0.4) is 0 Å². The number of hydrogen-bond donors (Lipinski definition) is 1. The van der Waals surface area contributed by atoms with Crippen molar-refractivity contribution < 1.29 is 9.53 Å². The maximum atomic E-state index is 11.8. The molecule has 2 aromatic carbocycles. The topological polar surface area (TPSA) is 55.6 Å². The number of carbonyl (C=O) groups is 1. The molecule has 0 atom stereocenters. The third kappa shape index (κ3) is 3.63. The molecule has 0 radical (unpaired) electrons. The standard InChI is InChI=1S/C19H19N3O2/c1-14-6-5-7-16(10-14)24-13-19(23)21-20-11-15-12-22(2)18-9-4-3-8-17(15)18/h3-12H,13H2,1-2H3,(H,21,23)/b20-11+. The molecular weight excluding hydrogens is 302 g/mol. The quantitative estimate of drug-likeness (QED) is 0.580. The zero-order valence-electron chi connectivity index (χ0n) is 13.7. The molecule has 122 valence electrons. The van der Waals surface area contributed by atoms with Crippen LogP contribution in [-0.2, 0) is 11.8 Å². The monoisotopic (exact) mass is 321 g/mol. The highest BCUT2D eigenvalue weighted by Gasteiger charge is 2.04. The lowest BCUT2D eigenvalue weighted by Gasteiger charge is -2.05. The van der Waals surface area contributed by atoms with E-state index in [2.05, 4.69) is 10.5 Å². The molecule has 1 aromatic heterocycles. The van der Waals surface area contributed by atoms with Crippen LogP contribution in [0.5, 0.6) is 5.75 Å². The first-order valence-electron chi connectivity index (χ1n) is 7.69. The highest BCUT2D eigenvalue weighted by atomic mass is 16.5. The highest BCUT2D eigenvalue weighted by molar-refractivity contribution is 5.99. The van der Waals surface area contributed by atoms with Crippen LogP contribution >= 0.6 is 0 Å². The van der Waals surface area contributed by atoms with Crippen LogP contribution in [0.2, 0.25) is 0 Å². The molecule has 3 rings (SSSR count). The van der Waals surface area contributed by atoms with Crippen molar-refractivity contribution in [2.75, 3.05) is 6.61 Å². The van der Waals surface area contributed by atoms with Gasteiger partial charge in [0.15, 0.2) is 6.61 Å². The first-order valence-corrected chi connectivity index (χ1v) is 7.69. The largest absolute Gasteiger partial charge is 0.484 e. The first kappa shape index (κ1) is 15.8. The lowest BCUT2D eigenvalue weighted by Crippen LogP contribution is -2.24. The summed E-state index contributed by atoms with van der Waals surface area (Å²) in [6, 6.07) is 15.6. The molecule has 0 saturated carbocycles. The molecule has 0 unspecified atom stereocenters. The molecule has 5 heteroatoms. The average Bonchev–Trinajstić information content (AvgIpc) is 2.90. The average molecular weight is 321 g/mol. The van der Waals surface area contributed by atoms with Gasteiger partial charge in [-0.2, -0.15) is 5.10 Å². The Morgan fingerprint density at radius 2 is 2.08 bits per heavy atom. The maximum absolute atomic E-state index is 11.8. The molecule has 0 aliphatic carbocycles. The molecule has 1 amide bonds. The summed E-state index contributed by atoms with van der Waals surface area (Å²) >= 11 is 0. The van der Waals surface area contributed by atoms with Crippen LogP contribution in [-0.4, -0.2) is 23.3 Å². The second-order valence-electron chi connectivity index (χ2n) is 5.61. The zero-order chi connectivity index (χ0) is 16.9. The third-order valence-electron chi connectivity index (χ3n) is 3.68. The molecule has 0 aliphatic heterocycles. The highest BCUT2D eigenvalue weighted by Crippen LogP contribution is 2.18. The van der Waals surface area contributed by atoms with Gasteiger partial charge in [0.05, 0.1) is 6.21 Å². The van der Waals surface area contributed by atoms with Crippen LogP contribution < -0.4 is 10.2 Å². The molecule has 0 aliphatic rings. The van der Waals surface area contributed by atoms with Crippen LogP contribution in [0, 0.1) is 6.92 Å². The Hall–Kier alpha value is -3.08. The fourth-order valence-electron chi connectivity index (χ4n) is 2.54. The number of aryl methyl sites for hydroxylation is 2. The number of amides is 1. The second-order valence-corrected chi connectivity index (χ2v) is 5.61. The SMILES string of the molecule is Cc1cccc(OCC(=O)N/N=C/c2cn(C)c3ccccc23)c1. The van der Waals surface area contributed by atoms with Gasteiger partial charge < -0.3 is 9.30 Å². The Bertz CT molecular complexity index is 897. The van der Waals surface area contributed by atoms with Gasteiger partial charge in [0, 0.05) is 29.7 Å². The summed E-state index contributed by atoms with van der Waals surface area (Å²) in [7, 11) is 1.98. The minimum Gasteiger partial charge on any atom is -0.484 e. The predicted octanol–water partition coefficient (Wildman–Crippen LogP) is 3.02. The number of ether oxygens (including phenoxy) is 1. The Kier molecular flexibility index (Phi) is 4.61. The van der Waals surface area contributed by atoms with Gasteiger partial charge in [-0.25, -0.2) is 5.43 Å². The van der Waals surface area contributed by atoms with Crippen molar-refractivity contribution in [3.8, 4) is 5.75 Å². The molecule has 0 spiro atoms. The van der Waals surface area contributed by atoms with E-state index in [1.165, 1.54) is 0 Å². The van der Waals surface area contributed by atoms with Crippen LogP contribution in [0.1, 0.15) is 11.1 Å². The normalized spacial score (nSPS) is 11.1. The number of hydrazone groups is 1. The molecular formula is C19H19N3O2. The van der Waals surface area contributed by atoms with Crippen molar-refractivity contribution in [3.05, 3.63) is 65.9 Å². The number of carbonyl (C=O) groups excluding carboxylic acids is 1. The van der Waals surface area contributed by atoms with E-state index in [0.29, 0.717) is 5.75 Å². The van der Waals surface area contributed by atoms with Crippen LogP contribution in [0.25, 0.3) is 10.9 Å². The molecule has 0 fully saturated rings. The van der Waals surface area contributed by atoms with E-state index < -0.39 is 0 Å². The van der Waals surface area contributed by atoms with E-state index in [1.807, 2.05) is 73.3 Å². The summed E-state index contributed by atoms with van der Waals surface area (Å²) in [5, 5.41) is 5.11. The minimum absolute atomic E-state index is 0.0731. The molecule has 1 heterocycles. The van der Waals surface area contributed by atoms with Crippen LogP contribution in [0.4, 0.5) is 0 Å². The predicted molar refractivity (Wildman–Crippen MR) is 95.3 cm³/mol. The van der Waals surface area contributed by atoms with Gasteiger partial charge in [0.1, 0.15) is 5.75 Å². The Morgan fingerprint density at radius 1 is 1.25 bits per heavy atom. The summed E-state index contributed by atoms with van der Waals surface area (Å²) in [5.41, 5.74) is 5.64. The van der Waals surface area contributed by atoms with E-state index in [4.69, 9.17) is 4.74 Å². The number of nitrogens with one attached hydrogen (secondary N) is 1. The second kappa shape index (κ2) is 7.00. The molecule has 3 aromatic rings. The van der Waals surface area contributed by atoms with Crippen molar-refractivity contribution in [2.45, 2.75) is 6.92 Å². The van der Waals surface area contributed by atoms with Crippen molar-refractivity contribution in [2.24, 2.45) is 12.1 Å². The number of hydrogen-bond acceptors (Lipinski definition) is 3. The van der Waals surface area contributed by atoms with Gasteiger partial charge >= 0.3 is 0 Å². The number of para-hydroxylation sites is 1. The van der Waals surface area contributed by atoms with Gasteiger partial charge in [-0.1, -0.05) is 30.3 Å². The maximum Gasteiger partial charge on any atom is 0.277 e. The number of aromatic nitrogens is 1. The van der Waals surface area contributed by atoms with E-state index in [9.17, 15) is 4.79 Å². The van der Waals surface area contributed by atoms with E-state index in [1.54, 1.807) is 6.21 Å². The number of fused-ring (bicyclic) bond motifs is 1. The Morgan fingerprint density at radius 3 is 2.92 bits per heavy atom. The third-order valence-corrected chi connectivity index (χ3v) is 3.68. The number of nitrogens with zero attached hydrogens (tertiary/aromatic N) is 2. The Balaban J connectivity index is 1.58. The summed E-state index contributed by atoms with van der Waals surface area (Å²) < 4.78 is 7.46. The molecule has 5 nitrogen and oxygen atoms in total. The molecule has 0 saturated heterocycles. The lowest BCUT2D eigenvalue weighted by molar-refractivity contribution is -0.123. The van der Waals surface area contributed by atoms with Crippen molar-refractivity contribution >= 4 is 23.0 Å². The van der Waals surface area contributed by atoms with Crippen molar-refractivity contribution in [3.63, 3.8) is 0 Å². The minimum atomic E-state index is -0.298. The number of benzene rings is 2. The summed E-state index contributed by atoms with van der Waals surface area (Å²) in [6.07, 6.45) is 3.62. The molecule has 0 bridgehead atoms. The summed E-state index contributed by atoms with van der Waals surface area (Å²) in [4.78, 5) is 11.8. The van der Waals surface area contributed by atoms with E-state index >= 15 is 0 Å². The van der Waals surface area contributed by atoms with Crippen molar-refractivity contribution in [1.82, 2.24) is 9.99 Å². The fraction of sp³-hybridized carbons (Fsp3) is 0.158. The van der Waals surface area contributed by atoms with Gasteiger partial charge in [-0.3, -0.25) is 4.79 Å². The van der Waals surface area contributed by atoms with Gasteiger partial charge in [0.25, 0.3) is 5.91 Å². The number of rotatable bonds is 5. The Labute approximate surface area is 140 Å². The van der Waals surface area contributed by atoms with E-state index in [-0.39, 0.29) is 12.5 Å². The first-order chi connectivity index (χ1) is 11.6. The summed E-state index contributed by atoms with van der Waals surface area (Å²) in [5.74, 6) is 0.371. The zero-order valence-corrected chi connectivity index (χ0v) is 13.7. The smallest absolute Gasteiger partial charge is 0.277 e. The summed E-state index contributed by atoms with van der Waals surface area (Å²) in [6.45, 7) is 1.90. The fourth-order valence-corrected chi connectivity index (χ4v) is 2.54.